The molecule has 36 heavy (non-hydrogen) atoms. The molecule has 0 saturated carbocycles. The number of hydrogen-bond acceptors (Lipinski definition) is 2. The van der Waals surface area contributed by atoms with Crippen molar-refractivity contribution in [3.63, 3.8) is 0 Å². The number of rotatable bonds is 4. The third-order valence-corrected chi connectivity index (χ3v) is 7.32. The SMILES string of the molecule is CC1(C)c2ccccc2-c2ccc(N(c3ccc(-c4ccccc4)cc3)c3ccccc3C#N)cc21. The zero-order valence-corrected chi connectivity index (χ0v) is 20.4. The monoisotopic (exact) mass is 462 g/mol. The lowest BCUT2D eigenvalue weighted by Gasteiger charge is -2.28. The maximum absolute atomic E-state index is 9.93. The number of nitrogens with zero attached hydrogens (tertiary/aromatic N) is 2. The molecule has 0 bridgehead atoms. The van der Waals surface area contributed by atoms with Crippen LogP contribution >= 0.6 is 0 Å². The largest absolute Gasteiger partial charge is 0.309 e. The Balaban J connectivity index is 1.51. The van der Waals surface area contributed by atoms with Gasteiger partial charge in [-0.3, -0.25) is 0 Å². The first-order valence-electron chi connectivity index (χ1n) is 12.3. The average molecular weight is 463 g/mol. The molecule has 0 radical (unpaired) electrons. The van der Waals surface area contributed by atoms with Gasteiger partial charge in [0.2, 0.25) is 0 Å². The van der Waals surface area contributed by atoms with Crippen LogP contribution in [0.1, 0.15) is 30.5 Å². The summed E-state index contributed by atoms with van der Waals surface area (Å²) < 4.78 is 0. The Bertz CT molecular complexity index is 1610. The summed E-state index contributed by atoms with van der Waals surface area (Å²) in [5.41, 5.74) is 11.1. The second kappa shape index (κ2) is 8.56. The summed E-state index contributed by atoms with van der Waals surface area (Å²) in [6, 6.07) is 44.6. The molecule has 0 atom stereocenters. The maximum atomic E-state index is 9.93. The van der Waals surface area contributed by atoms with Crippen LogP contribution in [0.4, 0.5) is 17.1 Å². The fraction of sp³-hybridized carbons (Fsp3) is 0.0882. The molecular formula is C34H26N2. The Hall–Kier alpha value is -4.61. The summed E-state index contributed by atoms with van der Waals surface area (Å²) in [5.74, 6) is 0. The molecule has 6 rings (SSSR count). The van der Waals surface area contributed by atoms with E-state index in [1.54, 1.807) is 0 Å². The van der Waals surface area contributed by atoms with Crippen molar-refractivity contribution in [2.24, 2.45) is 0 Å². The highest BCUT2D eigenvalue weighted by Gasteiger charge is 2.35. The molecule has 5 aromatic carbocycles. The maximum Gasteiger partial charge on any atom is 0.101 e. The van der Waals surface area contributed by atoms with Gasteiger partial charge in [0, 0.05) is 16.8 Å². The van der Waals surface area contributed by atoms with Gasteiger partial charge in [0.1, 0.15) is 6.07 Å². The topological polar surface area (TPSA) is 27.0 Å². The van der Waals surface area contributed by atoms with E-state index >= 15 is 0 Å². The van der Waals surface area contributed by atoms with E-state index in [9.17, 15) is 5.26 Å². The number of para-hydroxylation sites is 1. The summed E-state index contributed by atoms with van der Waals surface area (Å²) in [6.45, 7) is 4.59. The molecule has 0 unspecified atom stereocenters. The van der Waals surface area contributed by atoms with Gasteiger partial charge in [-0.1, -0.05) is 98.8 Å². The van der Waals surface area contributed by atoms with Gasteiger partial charge in [-0.05, 0) is 69.8 Å². The predicted molar refractivity (Wildman–Crippen MR) is 149 cm³/mol. The van der Waals surface area contributed by atoms with E-state index in [0.29, 0.717) is 5.56 Å². The molecule has 0 heterocycles. The van der Waals surface area contributed by atoms with Crippen LogP contribution in [-0.2, 0) is 5.41 Å². The van der Waals surface area contributed by atoms with Crippen LogP contribution in [0.15, 0.2) is 121 Å². The van der Waals surface area contributed by atoms with Crippen LogP contribution in [-0.4, -0.2) is 0 Å². The highest BCUT2D eigenvalue weighted by atomic mass is 15.1. The van der Waals surface area contributed by atoms with Gasteiger partial charge >= 0.3 is 0 Å². The number of fused-ring (bicyclic) bond motifs is 3. The van der Waals surface area contributed by atoms with Crippen molar-refractivity contribution in [3.8, 4) is 28.3 Å². The minimum absolute atomic E-state index is 0.0977. The fourth-order valence-corrected chi connectivity index (χ4v) is 5.46. The van der Waals surface area contributed by atoms with E-state index in [0.717, 1.165) is 17.1 Å². The molecule has 1 aliphatic carbocycles. The lowest BCUT2D eigenvalue weighted by molar-refractivity contribution is 0.660. The Morgan fingerprint density at radius 1 is 0.583 bits per heavy atom. The van der Waals surface area contributed by atoms with E-state index < -0.39 is 0 Å². The summed E-state index contributed by atoms with van der Waals surface area (Å²) in [4.78, 5) is 2.20. The molecule has 0 aromatic heterocycles. The predicted octanol–water partition coefficient (Wildman–Crippen LogP) is 9.00. The second-order valence-corrected chi connectivity index (χ2v) is 9.78. The minimum Gasteiger partial charge on any atom is -0.309 e. The van der Waals surface area contributed by atoms with Gasteiger partial charge in [0.05, 0.1) is 11.3 Å². The van der Waals surface area contributed by atoms with Crippen LogP contribution in [0, 0.1) is 11.3 Å². The van der Waals surface area contributed by atoms with E-state index in [4.69, 9.17) is 0 Å². The van der Waals surface area contributed by atoms with Crippen molar-refractivity contribution in [1.82, 2.24) is 0 Å². The van der Waals surface area contributed by atoms with Crippen LogP contribution < -0.4 is 4.90 Å². The van der Waals surface area contributed by atoms with E-state index in [1.165, 1.54) is 33.4 Å². The molecule has 0 amide bonds. The first kappa shape index (κ1) is 21.9. The van der Waals surface area contributed by atoms with Gasteiger partial charge < -0.3 is 4.90 Å². The molecule has 172 valence electrons. The van der Waals surface area contributed by atoms with Crippen molar-refractivity contribution >= 4 is 17.1 Å². The smallest absolute Gasteiger partial charge is 0.101 e. The number of anilines is 3. The van der Waals surface area contributed by atoms with Crippen molar-refractivity contribution in [1.29, 1.82) is 5.26 Å². The lowest BCUT2D eigenvalue weighted by atomic mass is 9.82. The Morgan fingerprint density at radius 2 is 1.19 bits per heavy atom. The molecule has 5 aromatic rings. The number of benzene rings is 5. The Morgan fingerprint density at radius 3 is 1.97 bits per heavy atom. The summed E-state index contributed by atoms with van der Waals surface area (Å²) >= 11 is 0. The molecule has 1 aliphatic rings. The third-order valence-electron chi connectivity index (χ3n) is 7.32. The molecule has 0 saturated heterocycles. The minimum atomic E-state index is -0.0977. The quantitative estimate of drug-likeness (QED) is 0.266. The van der Waals surface area contributed by atoms with Crippen molar-refractivity contribution in [2.45, 2.75) is 19.3 Å². The average Bonchev–Trinajstić information content (AvgIpc) is 3.16. The standard InChI is InChI=1S/C34H26N2/c1-34(2)31-14-8-7-13-29(31)30-21-20-28(22-32(30)34)36(33-15-9-6-12-26(33)23-35)27-18-16-25(17-19-27)24-10-4-3-5-11-24/h3-22H,1-2H3. The lowest BCUT2D eigenvalue weighted by Crippen LogP contribution is -2.17. The van der Waals surface area contributed by atoms with Gasteiger partial charge in [-0.2, -0.15) is 5.26 Å². The molecule has 0 fully saturated rings. The Kier molecular flexibility index (Phi) is 5.20. The van der Waals surface area contributed by atoms with Crippen LogP contribution in [0.2, 0.25) is 0 Å². The molecule has 2 heteroatoms. The van der Waals surface area contributed by atoms with Gasteiger partial charge in [-0.15, -0.1) is 0 Å². The summed E-state index contributed by atoms with van der Waals surface area (Å²) in [6.07, 6.45) is 0. The Labute approximate surface area is 212 Å². The summed E-state index contributed by atoms with van der Waals surface area (Å²) in [7, 11) is 0. The highest BCUT2D eigenvalue weighted by molar-refractivity contribution is 5.86. The number of hydrogen-bond donors (Lipinski definition) is 0. The van der Waals surface area contributed by atoms with Crippen molar-refractivity contribution in [3.05, 3.63) is 138 Å². The van der Waals surface area contributed by atoms with Crippen LogP contribution in [0.5, 0.6) is 0 Å². The van der Waals surface area contributed by atoms with Crippen molar-refractivity contribution < 1.29 is 0 Å². The van der Waals surface area contributed by atoms with Crippen molar-refractivity contribution in [2.75, 3.05) is 4.90 Å². The van der Waals surface area contributed by atoms with E-state index in [1.807, 2.05) is 30.3 Å². The van der Waals surface area contributed by atoms with Gasteiger partial charge in [-0.25, -0.2) is 0 Å². The third kappa shape index (κ3) is 3.49. The highest BCUT2D eigenvalue weighted by Crippen LogP contribution is 2.50. The molecule has 0 spiro atoms. The van der Waals surface area contributed by atoms with Crippen LogP contribution in [0.3, 0.4) is 0 Å². The fourth-order valence-electron chi connectivity index (χ4n) is 5.46. The second-order valence-electron chi connectivity index (χ2n) is 9.78. The number of nitriles is 1. The molecule has 2 nitrogen and oxygen atoms in total. The molecule has 0 aliphatic heterocycles. The molecular weight excluding hydrogens is 436 g/mol. The molecule has 0 N–H and O–H groups in total. The zero-order valence-electron chi connectivity index (χ0n) is 20.4. The van der Waals surface area contributed by atoms with Gasteiger partial charge in [0.25, 0.3) is 0 Å². The zero-order chi connectivity index (χ0) is 24.7. The summed E-state index contributed by atoms with van der Waals surface area (Å²) in [5, 5.41) is 9.93. The first-order valence-corrected chi connectivity index (χ1v) is 12.3. The van der Waals surface area contributed by atoms with E-state index in [2.05, 4.69) is 116 Å². The van der Waals surface area contributed by atoms with E-state index in [-0.39, 0.29) is 5.41 Å². The van der Waals surface area contributed by atoms with Crippen LogP contribution in [0.25, 0.3) is 22.3 Å². The normalized spacial score (nSPS) is 12.9. The first-order chi connectivity index (χ1) is 17.6. The van der Waals surface area contributed by atoms with Gasteiger partial charge in [0.15, 0.2) is 0 Å².